The van der Waals surface area contributed by atoms with Crippen LogP contribution in [0.2, 0.25) is 0 Å². The molecule has 3 atom stereocenters. The number of ether oxygens (including phenoxy) is 1. The van der Waals surface area contributed by atoms with Crippen molar-refractivity contribution >= 4 is 5.97 Å². The number of nitrogens with zero attached hydrogens (tertiary/aromatic N) is 2. The number of hydrogen-bond donors (Lipinski definition) is 1. The second kappa shape index (κ2) is 6.68. The molecule has 1 rings (SSSR count). The number of methoxy groups -OCH3 is 1. The molecule has 1 aliphatic heterocycles. The molecule has 0 aromatic heterocycles. The lowest BCUT2D eigenvalue weighted by Crippen LogP contribution is -2.55. The van der Waals surface area contributed by atoms with Crippen molar-refractivity contribution in [3.05, 3.63) is 0 Å². The first-order valence-corrected chi connectivity index (χ1v) is 7.09. The number of likely N-dealkylation sites (N-methyl/N-ethyl adjacent to an activating group) is 1. The summed E-state index contributed by atoms with van der Waals surface area (Å²) in [5.74, 6) is -0.326. The van der Waals surface area contributed by atoms with Crippen molar-refractivity contribution in [1.82, 2.24) is 9.80 Å². The Kier molecular flexibility index (Phi) is 5.77. The molecule has 0 saturated carbocycles. The Bertz CT molecular complexity index is 295. The molecule has 19 heavy (non-hydrogen) atoms. The first-order chi connectivity index (χ1) is 8.77. The van der Waals surface area contributed by atoms with E-state index in [0.29, 0.717) is 18.5 Å². The maximum Gasteiger partial charge on any atom is 0.325 e. The monoisotopic (exact) mass is 271 g/mol. The van der Waals surface area contributed by atoms with Crippen molar-refractivity contribution in [2.45, 2.75) is 51.2 Å². The number of hydrogen-bond acceptors (Lipinski definition) is 5. The van der Waals surface area contributed by atoms with E-state index >= 15 is 0 Å². The molecule has 1 heterocycles. The minimum absolute atomic E-state index is 0.326. The predicted octanol–water partition coefficient (Wildman–Crippen LogP) is 0.681. The fourth-order valence-electron chi connectivity index (χ4n) is 2.70. The highest BCUT2D eigenvalue weighted by Crippen LogP contribution is 2.16. The standard InChI is InChI=1S/C14H29N3O2/c1-11-9-17(10-12(2)16(11)4)8-6-7-14(3,15)13(18)19-5/h11-12H,6-10,15H2,1-5H3. The highest BCUT2D eigenvalue weighted by Gasteiger charge is 2.30. The van der Waals surface area contributed by atoms with Gasteiger partial charge in [-0.15, -0.1) is 0 Å². The molecule has 3 unspecified atom stereocenters. The molecule has 2 N–H and O–H groups in total. The predicted molar refractivity (Wildman–Crippen MR) is 77.0 cm³/mol. The van der Waals surface area contributed by atoms with Gasteiger partial charge in [0.2, 0.25) is 0 Å². The van der Waals surface area contributed by atoms with Gasteiger partial charge < -0.3 is 15.4 Å². The first kappa shape index (κ1) is 16.4. The van der Waals surface area contributed by atoms with E-state index in [4.69, 9.17) is 10.5 Å². The van der Waals surface area contributed by atoms with Gasteiger partial charge in [0.1, 0.15) is 5.54 Å². The minimum Gasteiger partial charge on any atom is -0.468 e. The summed E-state index contributed by atoms with van der Waals surface area (Å²) < 4.78 is 4.72. The fraction of sp³-hybridized carbons (Fsp3) is 0.929. The third kappa shape index (κ3) is 4.44. The van der Waals surface area contributed by atoms with E-state index < -0.39 is 5.54 Å². The molecule has 112 valence electrons. The fourth-order valence-corrected chi connectivity index (χ4v) is 2.70. The average Bonchev–Trinajstić information content (AvgIpc) is 2.34. The van der Waals surface area contributed by atoms with Gasteiger partial charge in [-0.25, -0.2) is 0 Å². The summed E-state index contributed by atoms with van der Waals surface area (Å²) in [4.78, 5) is 16.4. The van der Waals surface area contributed by atoms with Crippen molar-refractivity contribution in [2.24, 2.45) is 5.73 Å². The van der Waals surface area contributed by atoms with Crippen molar-refractivity contribution in [1.29, 1.82) is 0 Å². The topological polar surface area (TPSA) is 58.8 Å². The number of carbonyl (C=O) groups is 1. The molecule has 0 spiro atoms. The largest absolute Gasteiger partial charge is 0.468 e. The van der Waals surface area contributed by atoms with Crippen LogP contribution in [0.15, 0.2) is 0 Å². The van der Waals surface area contributed by atoms with Gasteiger partial charge in [-0.05, 0) is 47.2 Å². The van der Waals surface area contributed by atoms with E-state index in [2.05, 4.69) is 30.7 Å². The van der Waals surface area contributed by atoms with E-state index in [1.54, 1.807) is 6.92 Å². The molecule has 1 saturated heterocycles. The van der Waals surface area contributed by atoms with E-state index in [1.807, 2.05) is 0 Å². The van der Waals surface area contributed by atoms with Crippen molar-refractivity contribution in [3.63, 3.8) is 0 Å². The van der Waals surface area contributed by atoms with Crippen LogP contribution in [-0.4, -0.2) is 67.2 Å². The van der Waals surface area contributed by atoms with Gasteiger partial charge in [-0.1, -0.05) is 0 Å². The molecular formula is C14H29N3O2. The minimum atomic E-state index is -0.863. The van der Waals surface area contributed by atoms with Gasteiger partial charge >= 0.3 is 5.97 Å². The summed E-state index contributed by atoms with van der Waals surface area (Å²) in [6, 6.07) is 1.15. The third-order valence-electron chi connectivity index (χ3n) is 4.26. The summed E-state index contributed by atoms with van der Waals surface area (Å²) in [5.41, 5.74) is 5.10. The van der Waals surface area contributed by atoms with Crippen LogP contribution in [0.4, 0.5) is 0 Å². The van der Waals surface area contributed by atoms with Crippen LogP contribution >= 0.6 is 0 Å². The first-order valence-electron chi connectivity index (χ1n) is 7.09. The molecule has 5 nitrogen and oxygen atoms in total. The van der Waals surface area contributed by atoms with Crippen molar-refractivity contribution in [3.8, 4) is 0 Å². The molecule has 0 aromatic rings. The van der Waals surface area contributed by atoms with Gasteiger partial charge in [0.25, 0.3) is 0 Å². The number of piperazine rings is 1. The molecule has 1 fully saturated rings. The molecule has 0 radical (unpaired) electrons. The lowest BCUT2D eigenvalue weighted by molar-refractivity contribution is -0.146. The zero-order valence-corrected chi connectivity index (χ0v) is 13.0. The molecular weight excluding hydrogens is 242 g/mol. The molecule has 0 bridgehead atoms. The van der Waals surface area contributed by atoms with E-state index in [0.717, 1.165) is 26.1 Å². The summed E-state index contributed by atoms with van der Waals surface area (Å²) in [6.07, 6.45) is 1.58. The van der Waals surface area contributed by atoms with Crippen LogP contribution < -0.4 is 5.73 Å². The average molecular weight is 271 g/mol. The second-order valence-corrected chi connectivity index (χ2v) is 6.14. The number of carbonyl (C=O) groups excluding carboxylic acids is 1. The van der Waals surface area contributed by atoms with E-state index in [9.17, 15) is 4.79 Å². The molecule has 0 amide bonds. The second-order valence-electron chi connectivity index (χ2n) is 6.14. The van der Waals surface area contributed by atoms with Gasteiger partial charge in [0.15, 0.2) is 0 Å². The number of esters is 1. The summed E-state index contributed by atoms with van der Waals surface area (Å²) >= 11 is 0. The Morgan fingerprint density at radius 3 is 2.37 bits per heavy atom. The Morgan fingerprint density at radius 1 is 1.37 bits per heavy atom. The smallest absolute Gasteiger partial charge is 0.325 e. The van der Waals surface area contributed by atoms with Gasteiger partial charge in [0.05, 0.1) is 7.11 Å². The van der Waals surface area contributed by atoms with Crippen molar-refractivity contribution < 1.29 is 9.53 Å². The van der Waals surface area contributed by atoms with Crippen LogP contribution in [0.5, 0.6) is 0 Å². The SMILES string of the molecule is COC(=O)C(C)(N)CCCN1CC(C)N(C)C(C)C1. The highest BCUT2D eigenvalue weighted by molar-refractivity contribution is 5.79. The van der Waals surface area contributed by atoms with E-state index in [-0.39, 0.29) is 5.97 Å². The van der Waals surface area contributed by atoms with Crippen LogP contribution in [0, 0.1) is 0 Å². The maximum atomic E-state index is 11.5. The summed E-state index contributed by atoms with van der Waals surface area (Å²) in [6.45, 7) is 9.41. The van der Waals surface area contributed by atoms with Crippen LogP contribution in [0.1, 0.15) is 33.6 Å². The van der Waals surface area contributed by atoms with Crippen LogP contribution in [0.3, 0.4) is 0 Å². The normalized spacial score (nSPS) is 28.9. The third-order valence-corrected chi connectivity index (χ3v) is 4.26. The Morgan fingerprint density at radius 2 is 1.89 bits per heavy atom. The van der Waals surface area contributed by atoms with Gasteiger partial charge in [0, 0.05) is 25.2 Å². The Hall–Kier alpha value is -0.650. The Labute approximate surface area is 117 Å². The van der Waals surface area contributed by atoms with Crippen molar-refractivity contribution in [2.75, 3.05) is 33.8 Å². The van der Waals surface area contributed by atoms with Gasteiger partial charge in [-0.3, -0.25) is 9.69 Å². The quantitative estimate of drug-likeness (QED) is 0.745. The highest BCUT2D eigenvalue weighted by atomic mass is 16.5. The molecule has 0 aliphatic carbocycles. The van der Waals surface area contributed by atoms with Crippen LogP contribution in [-0.2, 0) is 9.53 Å². The molecule has 5 heteroatoms. The number of nitrogens with two attached hydrogens (primary N) is 1. The zero-order chi connectivity index (χ0) is 14.6. The number of rotatable bonds is 5. The van der Waals surface area contributed by atoms with E-state index in [1.165, 1.54) is 7.11 Å². The molecule has 1 aliphatic rings. The Balaban J connectivity index is 2.36. The maximum absolute atomic E-state index is 11.5. The van der Waals surface area contributed by atoms with Crippen LogP contribution in [0.25, 0.3) is 0 Å². The summed E-state index contributed by atoms with van der Waals surface area (Å²) in [5, 5.41) is 0. The summed E-state index contributed by atoms with van der Waals surface area (Å²) in [7, 11) is 3.57. The zero-order valence-electron chi connectivity index (χ0n) is 13.0. The molecule has 0 aromatic carbocycles. The lowest BCUT2D eigenvalue weighted by Gasteiger charge is -2.42. The lowest BCUT2D eigenvalue weighted by atomic mass is 9.97. The van der Waals surface area contributed by atoms with Gasteiger partial charge in [-0.2, -0.15) is 0 Å².